The second kappa shape index (κ2) is 9.38. The van der Waals surface area contributed by atoms with Gasteiger partial charge in [0.1, 0.15) is 0 Å². The molecule has 3 atom stereocenters. The van der Waals surface area contributed by atoms with Crippen LogP contribution in [0.4, 0.5) is 0 Å². The number of amides is 1. The van der Waals surface area contributed by atoms with Crippen LogP contribution in [-0.2, 0) is 0 Å². The maximum absolute atomic E-state index is 12.8. The molecular formula is C25H26Cl2N2O. The summed E-state index contributed by atoms with van der Waals surface area (Å²) in [5.74, 6) is -0.106. The van der Waals surface area contributed by atoms with Gasteiger partial charge in [-0.25, -0.2) is 0 Å². The summed E-state index contributed by atoms with van der Waals surface area (Å²) >= 11 is 12.1. The van der Waals surface area contributed by atoms with Gasteiger partial charge in [-0.2, -0.15) is 0 Å². The Labute approximate surface area is 187 Å². The highest BCUT2D eigenvalue weighted by Gasteiger charge is 2.28. The van der Waals surface area contributed by atoms with E-state index in [0.717, 1.165) is 19.3 Å². The minimum absolute atomic E-state index is 0.0816. The van der Waals surface area contributed by atoms with E-state index >= 15 is 0 Å². The van der Waals surface area contributed by atoms with E-state index in [2.05, 4.69) is 60.0 Å². The Kier molecular flexibility index (Phi) is 6.62. The van der Waals surface area contributed by atoms with Crippen LogP contribution in [0.25, 0.3) is 10.8 Å². The second-order valence-corrected chi connectivity index (χ2v) is 8.87. The van der Waals surface area contributed by atoms with Crippen molar-refractivity contribution in [3.8, 4) is 0 Å². The molecule has 5 heteroatoms. The summed E-state index contributed by atoms with van der Waals surface area (Å²) in [6.45, 7) is 2.20. The lowest BCUT2D eigenvalue weighted by molar-refractivity contribution is 0.0913. The van der Waals surface area contributed by atoms with Crippen molar-refractivity contribution in [3.63, 3.8) is 0 Å². The van der Waals surface area contributed by atoms with Gasteiger partial charge in [0, 0.05) is 23.7 Å². The van der Waals surface area contributed by atoms with Crippen molar-refractivity contribution in [2.75, 3.05) is 0 Å². The summed E-state index contributed by atoms with van der Waals surface area (Å²) in [7, 11) is 0. The molecule has 0 radical (unpaired) electrons. The predicted molar refractivity (Wildman–Crippen MR) is 125 cm³/mol. The monoisotopic (exact) mass is 440 g/mol. The van der Waals surface area contributed by atoms with Gasteiger partial charge in [-0.15, -0.1) is 0 Å². The van der Waals surface area contributed by atoms with E-state index in [1.807, 2.05) is 0 Å². The summed E-state index contributed by atoms with van der Waals surface area (Å²) in [5.41, 5.74) is 1.82. The van der Waals surface area contributed by atoms with Gasteiger partial charge < -0.3 is 10.6 Å². The quantitative estimate of drug-likeness (QED) is 0.472. The minimum Gasteiger partial charge on any atom is -0.348 e. The second-order valence-electron chi connectivity index (χ2n) is 8.06. The molecule has 3 nitrogen and oxygen atoms in total. The zero-order valence-corrected chi connectivity index (χ0v) is 18.5. The highest BCUT2D eigenvalue weighted by Crippen LogP contribution is 2.28. The van der Waals surface area contributed by atoms with Gasteiger partial charge in [-0.05, 0) is 54.3 Å². The van der Waals surface area contributed by atoms with Crippen LogP contribution >= 0.6 is 23.2 Å². The first kappa shape index (κ1) is 21.2. The summed E-state index contributed by atoms with van der Waals surface area (Å²) in [6, 6.07) is 20.4. The maximum atomic E-state index is 12.8. The van der Waals surface area contributed by atoms with Crippen LogP contribution in [0.5, 0.6) is 0 Å². The Morgan fingerprint density at radius 1 is 0.933 bits per heavy atom. The van der Waals surface area contributed by atoms with Crippen LogP contribution in [0.2, 0.25) is 10.0 Å². The van der Waals surface area contributed by atoms with E-state index < -0.39 is 0 Å². The van der Waals surface area contributed by atoms with Crippen molar-refractivity contribution < 1.29 is 4.79 Å². The number of halogens is 2. The molecule has 0 aliphatic heterocycles. The SMILES string of the molecule is C[C@@H](N[C@H]1CCCC[C@@H]1NC(=O)c1ccc(Cl)c(Cl)c1)c1cccc2ccccc12. The molecule has 1 amide bonds. The van der Waals surface area contributed by atoms with Crippen molar-refractivity contribution in [3.05, 3.63) is 81.8 Å². The van der Waals surface area contributed by atoms with E-state index in [1.165, 1.54) is 22.8 Å². The number of hydrogen-bond donors (Lipinski definition) is 2. The largest absolute Gasteiger partial charge is 0.348 e. The predicted octanol–water partition coefficient (Wildman–Crippen LogP) is 6.54. The van der Waals surface area contributed by atoms with E-state index in [0.29, 0.717) is 15.6 Å². The fourth-order valence-corrected chi connectivity index (χ4v) is 4.73. The Morgan fingerprint density at radius 3 is 2.47 bits per heavy atom. The molecule has 1 fully saturated rings. The van der Waals surface area contributed by atoms with Gasteiger partial charge in [0.05, 0.1) is 10.0 Å². The Morgan fingerprint density at radius 2 is 1.67 bits per heavy atom. The van der Waals surface area contributed by atoms with Crippen molar-refractivity contribution >= 4 is 39.9 Å². The summed E-state index contributed by atoms with van der Waals surface area (Å²) in [4.78, 5) is 12.8. The average Bonchev–Trinajstić information content (AvgIpc) is 2.76. The van der Waals surface area contributed by atoms with Crippen molar-refractivity contribution in [2.24, 2.45) is 0 Å². The summed E-state index contributed by atoms with van der Waals surface area (Å²) in [6.07, 6.45) is 4.29. The van der Waals surface area contributed by atoms with Crippen LogP contribution in [0.15, 0.2) is 60.7 Å². The van der Waals surface area contributed by atoms with Crippen LogP contribution in [0, 0.1) is 0 Å². The zero-order chi connectivity index (χ0) is 21.1. The Balaban J connectivity index is 1.49. The highest BCUT2D eigenvalue weighted by molar-refractivity contribution is 6.42. The molecule has 1 aliphatic carbocycles. The highest BCUT2D eigenvalue weighted by atomic mass is 35.5. The molecule has 2 N–H and O–H groups in total. The van der Waals surface area contributed by atoms with Crippen molar-refractivity contribution in [1.29, 1.82) is 0 Å². The average molecular weight is 441 g/mol. The number of carbonyl (C=O) groups excluding carboxylic acids is 1. The molecule has 4 rings (SSSR count). The van der Waals surface area contributed by atoms with Gasteiger partial charge in [-0.3, -0.25) is 4.79 Å². The van der Waals surface area contributed by atoms with E-state index in [4.69, 9.17) is 23.2 Å². The van der Waals surface area contributed by atoms with Gasteiger partial charge >= 0.3 is 0 Å². The molecule has 3 aromatic rings. The van der Waals surface area contributed by atoms with Gasteiger partial charge in [0.25, 0.3) is 5.91 Å². The number of rotatable bonds is 5. The number of carbonyl (C=O) groups is 1. The van der Waals surface area contributed by atoms with Gasteiger partial charge in [0.15, 0.2) is 0 Å². The van der Waals surface area contributed by atoms with Crippen LogP contribution < -0.4 is 10.6 Å². The number of benzene rings is 3. The molecule has 0 heterocycles. The third-order valence-electron chi connectivity index (χ3n) is 6.02. The molecule has 30 heavy (non-hydrogen) atoms. The van der Waals surface area contributed by atoms with E-state index in [1.54, 1.807) is 18.2 Å². The first-order valence-electron chi connectivity index (χ1n) is 10.5. The Bertz CT molecular complexity index is 1050. The number of fused-ring (bicyclic) bond motifs is 1. The first-order valence-corrected chi connectivity index (χ1v) is 11.3. The topological polar surface area (TPSA) is 41.1 Å². The fraction of sp³-hybridized carbons (Fsp3) is 0.320. The standard InChI is InChI=1S/C25H26Cl2N2O/c1-16(19-10-6-8-17-7-2-3-9-20(17)19)28-23-11-4-5-12-24(23)29-25(30)18-13-14-21(26)22(27)15-18/h2-3,6-10,13-16,23-24,28H,4-5,11-12H2,1H3,(H,29,30)/t16-,23+,24+/m1/s1. The molecular weight excluding hydrogens is 415 g/mol. The molecule has 0 unspecified atom stereocenters. The smallest absolute Gasteiger partial charge is 0.251 e. The molecule has 0 aromatic heterocycles. The summed E-state index contributed by atoms with van der Waals surface area (Å²) in [5, 5.41) is 10.4. The summed E-state index contributed by atoms with van der Waals surface area (Å²) < 4.78 is 0. The lowest BCUT2D eigenvalue weighted by Gasteiger charge is -2.35. The minimum atomic E-state index is -0.106. The van der Waals surface area contributed by atoms with Crippen LogP contribution in [0.3, 0.4) is 0 Å². The number of nitrogens with one attached hydrogen (secondary N) is 2. The Hall–Kier alpha value is -2.07. The molecule has 0 bridgehead atoms. The van der Waals surface area contributed by atoms with Crippen molar-refractivity contribution in [1.82, 2.24) is 10.6 Å². The molecule has 1 saturated carbocycles. The molecule has 0 spiro atoms. The van der Waals surface area contributed by atoms with Crippen LogP contribution in [0.1, 0.15) is 54.6 Å². The third-order valence-corrected chi connectivity index (χ3v) is 6.76. The van der Waals surface area contributed by atoms with Crippen LogP contribution in [-0.4, -0.2) is 18.0 Å². The van der Waals surface area contributed by atoms with E-state index in [-0.39, 0.29) is 24.0 Å². The number of hydrogen-bond acceptors (Lipinski definition) is 2. The zero-order valence-electron chi connectivity index (χ0n) is 17.0. The molecule has 0 saturated heterocycles. The third kappa shape index (κ3) is 4.64. The van der Waals surface area contributed by atoms with Gasteiger partial charge in [-0.1, -0.05) is 78.5 Å². The molecule has 156 valence electrons. The molecule has 3 aromatic carbocycles. The van der Waals surface area contributed by atoms with E-state index in [9.17, 15) is 4.79 Å². The van der Waals surface area contributed by atoms with Crippen molar-refractivity contribution in [2.45, 2.75) is 50.7 Å². The normalized spacial score (nSPS) is 20.1. The lowest BCUT2D eigenvalue weighted by atomic mass is 9.88. The lowest BCUT2D eigenvalue weighted by Crippen LogP contribution is -2.52. The van der Waals surface area contributed by atoms with Gasteiger partial charge in [0.2, 0.25) is 0 Å². The fourth-order valence-electron chi connectivity index (χ4n) is 4.43. The molecule has 1 aliphatic rings. The first-order chi connectivity index (χ1) is 14.5. The maximum Gasteiger partial charge on any atom is 0.251 e.